The van der Waals surface area contributed by atoms with Gasteiger partial charge in [0.05, 0.1) is 14.2 Å². The zero-order chi connectivity index (χ0) is 20.5. The number of nitrogens with one attached hydrogen (secondary N) is 1. The molecule has 0 spiro atoms. The topological polar surface area (TPSA) is 90.9 Å². The molecule has 28 heavy (non-hydrogen) atoms. The number of ketones is 1. The Hall–Kier alpha value is -3.61. The summed E-state index contributed by atoms with van der Waals surface area (Å²) < 4.78 is 15.4. The van der Waals surface area contributed by atoms with E-state index in [4.69, 9.17) is 14.2 Å². The first-order valence-corrected chi connectivity index (χ1v) is 8.41. The van der Waals surface area contributed by atoms with Gasteiger partial charge in [-0.05, 0) is 31.2 Å². The van der Waals surface area contributed by atoms with Crippen molar-refractivity contribution >= 4 is 29.4 Å². The predicted molar refractivity (Wildman–Crippen MR) is 105 cm³/mol. The second kappa shape index (κ2) is 9.91. The molecule has 0 radical (unpaired) electrons. The molecule has 0 aliphatic carbocycles. The van der Waals surface area contributed by atoms with Gasteiger partial charge in [-0.25, -0.2) is 4.79 Å². The first-order valence-electron chi connectivity index (χ1n) is 8.41. The number of carbonyl (C=O) groups excluding carboxylic acids is 3. The molecule has 0 aliphatic rings. The zero-order valence-electron chi connectivity index (χ0n) is 15.9. The van der Waals surface area contributed by atoms with Gasteiger partial charge >= 0.3 is 5.97 Å². The molecule has 0 aliphatic heterocycles. The Bertz CT molecular complexity index is 904. The lowest BCUT2D eigenvalue weighted by Crippen LogP contribution is -2.20. The molecule has 0 saturated heterocycles. The molecular weight excluding hydrogens is 362 g/mol. The molecule has 1 N–H and O–H groups in total. The lowest BCUT2D eigenvalue weighted by molar-refractivity contribution is -0.142. The Labute approximate surface area is 162 Å². The van der Waals surface area contributed by atoms with Crippen LogP contribution in [0.5, 0.6) is 11.5 Å². The molecule has 0 unspecified atom stereocenters. The summed E-state index contributed by atoms with van der Waals surface area (Å²) in [5, 5.41) is 2.57. The number of rotatable bonds is 8. The molecule has 0 heterocycles. The van der Waals surface area contributed by atoms with E-state index >= 15 is 0 Å². The predicted octanol–water partition coefficient (Wildman–Crippen LogP) is 3.10. The van der Waals surface area contributed by atoms with E-state index in [0.717, 1.165) is 0 Å². The molecule has 1 amide bonds. The Balaban J connectivity index is 1.92. The van der Waals surface area contributed by atoms with Gasteiger partial charge in [0.1, 0.15) is 0 Å². The molecule has 2 aromatic rings. The van der Waals surface area contributed by atoms with Gasteiger partial charge in [0.15, 0.2) is 23.9 Å². The van der Waals surface area contributed by atoms with Gasteiger partial charge in [0, 0.05) is 22.9 Å². The fourth-order valence-corrected chi connectivity index (χ4v) is 2.40. The Morgan fingerprint density at radius 1 is 1.04 bits per heavy atom. The van der Waals surface area contributed by atoms with E-state index in [0.29, 0.717) is 28.3 Å². The first-order chi connectivity index (χ1) is 13.4. The Kier molecular flexibility index (Phi) is 7.33. The third-order valence-electron chi connectivity index (χ3n) is 3.73. The second-order valence-corrected chi connectivity index (χ2v) is 5.71. The maximum Gasteiger partial charge on any atom is 0.331 e. The number of hydrogen-bond acceptors (Lipinski definition) is 6. The molecule has 7 heteroatoms. The lowest BCUT2D eigenvalue weighted by Gasteiger charge is -2.09. The molecule has 7 nitrogen and oxygen atoms in total. The van der Waals surface area contributed by atoms with Crippen LogP contribution in [0.25, 0.3) is 6.08 Å². The van der Waals surface area contributed by atoms with Crippen molar-refractivity contribution in [3.63, 3.8) is 0 Å². The minimum atomic E-state index is -0.683. The molecule has 0 fully saturated rings. The highest BCUT2D eigenvalue weighted by molar-refractivity contribution is 5.98. The summed E-state index contributed by atoms with van der Waals surface area (Å²) >= 11 is 0. The van der Waals surface area contributed by atoms with Crippen LogP contribution in [0, 0.1) is 0 Å². The third-order valence-corrected chi connectivity index (χ3v) is 3.73. The number of methoxy groups -OCH3 is 2. The van der Waals surface area contributed by atoms with Gasteiger partial charge in [-0.15, -0.1) is 0 Å². The highest BCUT2D eigenvalue weighted by Gasteiger charge is 2.09. The number of Topliss-reactive ketones (excluding diaryl/α,β-unsaturated/α-hetero) is 1. The van der Waals surface area contributed by atoms with Crippen molar-refractivity contribution in [2.45, 2.75) is 6.92 Å². The monoisotopic (exact) mass is 383 g/mol. The van der Waals surface area contributed by atoms with Gasteiger partial charge in [-0.2, -0.15) is 0 Å². The van der Waals surface area contributed by atoms with E-state index in [1.165, 1.54) is 33.3 Å². The Morgan fingerprint density at radius 3 is 2.46 bits per heavy atom. The molecular formula is C21H21NO6. The standard InChI is InChI=1S/C21H21NO6/c1-14(23)16-7-4-8-17(12-16)22-19(24)13-28-20(25)11-10-15-6-5-9-18(26-2)21(15)27-3/h4-12H,13H2,1-3H3,(H,22,24)/b11-10+. The van der Waals surface area contributed by atoms with E-state index in [1.54, 1.807) is 42.5 Å². The quantitative estimate of drug-likeness (QED) is 0.428. The fraction of sp³-hybridized carbons (Fsp3) is 0.190. The normalized spacial score (nSPS) is 10.4. The number of hydrogen-bond donors (Lipinski definition) is 1. The molecule has 0 saturated carbocycles. The first kappa shape index (κ1) is 20.7. The van der Waals surface area contributed by atoms with Crippen LogP contribution >= 0.6 is 0 Å². The summed E-state index contributed by atoms with van der Waals surface area (Å²) in [6.45, 7) is 0.981. The van der Waals surface area contributed by atoms with Crippen LogP contribution in [0.4, 0.5) is 5.69 Å². The molecule has 0 aromatic heterocycles. The summed E-state index contributed by atoms with van der Waals surface area (Å²) in [7, 11) is 3.02. The van der Waals surface area contributed by atoms with Crippen molar-refractivity contribution in [1.29, 1.82) is 0 Å². The van der Waals surface area contributed by atoms with Crippen molar-refractivity contribution < 1.29 is 28.6 Å². The second-order valence-electron chi connectivity index (χ2n) is 5.71. The van der Waals surface area contributed by atoms with Gasteiger partial charge in [-0.3, -0.25) is 9.59 Å². The van der Waals surface area contributed by atoms with Crippen molar-refractivity contribution in [3.05, 3.63) is 59.7 Å². The van der Waals surface area contributed by atoms with Crippen LogP contribution in [0.2, 0.25) is 0 Å². The molecule has 0 bridgehead atoms. The number of ether oxygens (including phenoxy) is 3. The minimum Gasteiger partial charge on any atom is -0.493 e. The van der Waals surface area contributed by atoms with Crippen LogP contribution in [0.1, 0.15) is 22.8 Å². The number of benzene rings is 2. The summed E-state index contributed by atoms with van der Waals surface area (Å²) in [4.78, 5) is 35.2. The van der Waals surface area contributed by atoms with E-state index in [2.05, 4.69) is 5.32 Å². The van der Waals surface area contributed by atoms with Crippen LogP contribution in [-0.2, 0) is 14.3 Å². The maximum atomic E-state index is 11.9. The molecule has 2 rings (SSSR count). The van der Waals surface area contributed by atoms with Crippen molar-refractivity contribution in [3.8, 4) is 11.5 Å². The molecule has 146 valence electrons. The zero-order valence-corrected chi connectivity index (χ0v) is 15.9. The Morgan fingerprint density at radius 2 is 1.79 bits per heavy atom. The highest BCUT2D eigenvalue weighted by Crippen LogP contribution is 2.31. The van der Waals surface area contributed by atoms with Crippen molar-refractivity contribution in [2.24, 2.45) is 0 Å². The van der Waals surface area contributed by atoms with E-state index in [9.17, 15) is 14.4 Å². The van der Waals surface area contributed by atoms with E-state index in [1.807, 2.05) is 0 Å². The average Bonchev–Trinajstić information content (AvgIpc) is 2.70. The SMILES string of the molecule is COc1cccc(/C=C/C(=O)OCC(=O)Nc2cccc(C(C)=O)c2)c1OC. The third kappa shape index (κ3) is 5.70. The van der Waals surface area contributed by atoms with Crippen LogP contribution in [-0.4, -0.2) is 38.5 Å². The molecule has 0 atom stereocenters. The van der Waals surface area contributed by atoms with Gasteiger partial charge in [0.25, 0.3) is 5.91 Å². The highest BCUT2D eigenvalue weighted by atomic mass is 16.5. The van der Waals surface area contributed by atoms with Crippen molar-refractivity contribution in [1.82, 2.24) is 0 Å². The smallest absolute Gasteiger partial charge is 0.331 e. The average molecular weight is 383 g/mol. The summed E-state index contributed by atoms with van der Waals surface area (Å²) in [5.74, 6) is -0.290. The lowest BCUT2D eigenvalue weighted by atomic mass is 10.1. The number of para-hydroxylation sites is 1. The summed E-state index contributed by atoms with van der Waals surface area (Å²) in [6, 6.07) is 11.7. The number of amides is 1. The van der Waals surface area contributed by atoms with E-state index < -0.39 is 18.5 Å². The summed E-state index contributed by atoms with van der Waals surface area (Å²) in [6.07, 6.45) is 2.71. The number of carbonyl (C=O) groups is 3. The van der Waals surface area contributed by atoms with Gasteiger partial charge < -0.3 is 19.5 Å². The van der Waals surface area contributed by atoms with Crippen molar-refractivity contribution in [2.75, 3.05) is 26.1 Å². The summed E-state index contributed by atoms with van der Waals surface area (Å²) in [5.41, 5.74) is 1.56. The maximum absolute atomic E-state index is 11.9. The molecule has 2 aromatic carbocycles. The largest absolute Gasteiger partial charge is 0.493 e. The van der Waals surface area contributed by atoms with Gasteiger partial charge in [0.2, 0.25) is 0 Å². The van der Waals surface area contributed by atoms with Crippen LogP contribution < -0.4 is 14.8 Å². The van der Waals surface area contributed by atoms with Gasteiger partial charge in [-0.1, -0.05) is 24.3 Å². The van der Waals surface area contributed by atoms with Crippen LogP contribution in [0.15, 0.2) is 48.5 Å². The number of esters is 1. The minimum absolute atomic E-state index is 0.111. The fourth-order valence-electron chi connectivity index (χ4n) is 2.40. The number of anilines is 1. The van der Waals surface area contributed by atoms with Crippen LogP contribution in [0.3, 0.4) is 0 Å². The van der Waals surface area contributed by atoms with E-state index in [-0.39, 0.29) is 5.78 Å².